The van der Waals surface area contributed by atoms with Gasteiger partial charge < -0.3 is 5.32 Å². The van der Waals surface area contributed by atoms with E-state index < -0.39 is 0 Å². The first kappa shape index (κ1) is 11.1. The van der Waals surface area contributed by atoms with Crippen molar-refractivity contribution in [2.75, 3.05) is 5.32 Å². The van der Waals surface area contributed by atoms with Gasteiger partial charge in [-0.3, -0.25) is 4.68 Å². The molecule has 0 radical (unpaired) electrons. The standard InChI is InChI=1S/C11H16N4S/c1-3-4-15-6-10(5-13-15)14-9(2)11-7-16-8-12-11/h5-9,14H,3-4H2,1-2H3. The van der Waals surface area contributed by atoms with E-state index in [1.807, 2.05) is 22.6 Å². The molecule has 0 aromatic carbocycles. The molecule has 1 atom stereocenters. The summed E-state index contributed by atoms with van der Waals surface area (Å²) >= 11 is 1.62. The normalized spacial score (nSPS) is 12.6. The number of hydrogen-bond donors (Lipinski definition) is 1. The lowest BCUT2D eigenvalue weighted by atomic mass is 10.2. The van der Waals surface area contributed by atoms with Crippen LogP contribution in [0.1, 0.15) is 32.0 Å². The molecule has 0 saturated carbocycles. The van der Waals surface area contributed by atoms with Gasteiger partial charge in [0.25, 0.3) is 0 Å². The van der Waals surface area contributed by atoms with Crippen LogP contribution in [0.3, 0.4) is 0 Å². The summed E-state index contributed by atoms with van der Waals surface area (Å²) in [5, 5.41) is 9.72. The maximum absolute atomic E-state index is 4.28. The second-order valence-corrected chi connectivity index (χ2v) is 4.49. The van der Waals surface area contributed by atoms with Crippen molar-refractivity contribution >= 4 is 17.0 Å². The van der Waals surface area contributed by atoms with Gasteiger partial charge in [0.15, 0.2) is 0 Å². The molecule has 0 amide bonds. The largest absolute Gasteiger partial charge is 0.374 e. The Kier molecular flexibility index (Phi) is 3.56. The molecule has 5 heteroatoms. The SMILES string of the molecule is CCCn1cc(NC(C)c2cscn2)cn1. The van der Waals surface area contributed by atoms with Crippen molar-refractivity contribution in [1.29, 1.82) is 0 Å². The van der Waals surface area contributed by atoms with E-state index in [1.165, 1.54) is 0 Å². The Hall–Kier alpha value is -1.36. The zero-order valence-corrected chi connectivity index (χ0v) is 10.4. The summed E-state index contributed by atoms with van der Waals surface area (Å²) in [6.45, 7) is 5.21. The molecule has 1 N–H and O–H groups in total. The van der Waals surface area contributed by atoms with Crippen molar-refractivity contribution in [3.63, 3.8) is 0 Å². The first-order chi connectivity index (χ1) is 7.79. The first-order valence-corrected chi connectivity index (χ1v) is 6.41. The minimum atomic E-state index is 0.227. The van der Waals surface area contributed by atoms with Crippen LogP contribution in [0.5, 0.6) is 0 Å². The Balaban J connectivity index is 1.98. The highest BCUT2D eigenvalue weighted by Crippen LogP contribution is 2.18. The fraction of sp³-hybridized carbons (Fsp3) is 0.455. The smallest absolute Gasteiger partial charge is 0.0795 e. The fourth-order valence-electron chi connectivity index (χ4n) is 1.55. The van der Waals surface area contributed by atoms with E-state index in [4.69, 9.17) is 0 Å². The number of aromatic nitrogens is 3. The quantitative estimate of drug-likeness (QED) is 0.868. The number of rotatable bonds is 5. The molecule has 1 unspecified atom stereocenters. The Bertz CT molecular complexity index is 421. The van der Waals surface area contributed by atoms with Crippen LogP contribution >= 0.6 is 11.3 Å². The van der Waals surface area contributed by atoms with E-state index >= 15 is 0 Å². The lowest BCUT2D eigenvalue weighted by Crippen LogP contribution is -2.06. The molecule has 0 bridgehead atoms. The van der Waals surface area contributed by atoms with Gasteiger partial charge in [-0.2, -0.15) is 5.10 Å². The minimum absolute atomic E-state index is 0.227. The Labute approximate surface area is 99.3 Å². The van der Waals surface area contributed by atoms with E-state index in [0.29, 0.717) is 0 Å². The maximum Gasteiger partial charge on any atom is 0.0795 e. The number of anilines is 1. The summed E-state index contributed by atoms with van der Waals surface area (Å²) in [5.74, 6) is 0. The molecule has 0 aliphatic carbocycles. The topological polar surface area (TPSA) is 42.7 Å². The zero-order valence-electron chi connectivity index (χ0n) is 9.55. The molecule has 0 saturated heterocycles. The summed E-state index contributed by atoms with van der Waals surface area (Å²) in [6, 6.07) is 0.227. The molecule has 4 nitrogen and oxygen atoms in total. The predicted molar refractivity (Wildman–Crippen MR) is 66.7 cm³/mol. The van der Waals surface area contributed by atoms with Crippen molar-refractivity contribution in [1.82, 2.24) is 14.8 Å². The molecule has 0 fully saturated rings. The van der Waals surface area contributed by atoms with Gasteiger partial charge in [-0.15, -0.1) is 11.3 Å². The number of thiazole rings is 1. The third kappa shape index (κ3) is 2.61. The highest BCUT2D eigenvalue weighted by Gasteiger charge is 2.07. The third-order valence-corrected chi connectivity index (χ3v) is 2.97. The van der Waals surface area contributed by atoms with Crippen LogP contribution in [0, 0.1) is 0 Å². The highest BCUT2D eigenvalue weighted by molar-refractivity contribution is 7.07. The van der Waals surface area contributed by atoms with Crippen LogP contribution in [0.4, 0.5) is 5.69 Å². The highest BCUT2D eigenvalue weighted by atomic mass is 32.1. The van der Waals surface area contributed by atoms with Gasteiger partial charge in [0, 0.05) is 18.1 Å². The van der Waals surface area contributed by atoms with Gasteiger partial charge >= 0.3 is 0 Å². The van der Waals surface area contributed by atoms with Crippen LogP contribution in [0.2, 0.25) is 0 Å². The van der Waals surface area contributed by atoms with E-state index in [-0.39, 0.29) is 6.04 Å². The molecular weight excluding hydrogens is 220 g/mol. The Morgan fingerprint density at radius 1 is 1.56 bits per heavy atom. The average molecular weight is 236 g/mol. The lowest BCUT2D eigenvalue weighted by molar-refractivity contribution is 0.603. The lowest BCUT2D eigenvalue weighted by Gasteiger charge is -2.10. The molecule has 2 rings (SSSR count). The molecule has 0 aliphatic rings. The van der Waals surface area contributed by atoms with Crippen LogP contribution < -0.4 is 5.32 Å². The van der Waals surface area contributed by atoms with Crippen LogP contribution in [0.25, 0.3) is 0 Å². The fourth-order valence-corrected chi connectivity index (χ4v) is 2.20. The number of aryl methyl sites for hydroxylation is 1. The van der Waals surface area contributed by atoms with Crippen molar-refractivity contribution < 1.29 is 0 Å². The zero-order chi connectivity index (χ0) is 11.4. The summed E-state index contributed by atoms with van der Waals surface area (Å²) in [7, 11) is 0. The summed E-state index contributed by atoms with van der Waals surface area (Å²) in [6.07, 6.45) is 4.99. The van der Waals surface area contributed by atoms with Crippen molar-refractivity contribution in [2.45, 2.75) is 32.9 Å². The molecule has 2 heterocycles. The second-order valence-electron chi connectivity index (χ2n) is 3.77. The third-order valence-electron chi connectivity index (χ3n) is 2.36. The average Bonchev–Trinajstić information content (AvgIpc) is 2.89. The monoisotopic (exact) mass is 236 g/mol. The molecule has 86 valence electrons. The molecule has 2 aromatic rings. The molecule has 0 spiro atoms. The Morgan fingerprint density at radius 3 is 3.12 bits per heavy atom. The summed E-state index contributed by atoms with van der Waals surface area (Å²) < 4.78 is 1.95. The summed E-state index contributed by atoms with van der Waals surface area (Å²) in [5.41, 5.74) is 3.98. The molecule has 0 aliphatic heterocycles. The number of nitrogens with zero attached hydrogens (tertiary/aromatic N) is 3. The van der Waals surface area contributed by atoms with Crippen LogP contribution in [-0.2, 0) is 6.54 Å². The van der Waals surface area contributed by atoms with Crippen molar-refractivity contribution in [2.24, 2.45) is 0 Å². The first-order valence-electron chi connectivity index (χ1n) is 5.46. The predicted octanol–water partition coefficient (Wildman–Crippen LogP) is 2.92. The molecular formula is C11H16N4S. The van der Waals surface area contributed by atoms with Gasteiger partial charge in [-0.05, 0) is 13.3 Å². The van der Waals surface area contributed by atoms with Crippen LogP contribution in [0.15, 0.2) is 23.3 Å². The van der Waals surface area contributed by atoms with E-state index in [9.17, 15) is 0 Å². The minimum Gasteiger partial charge on any atom is -0.374 e. The molecule has 16 heavy (non-hydrogen) atoms. The van der Waals surface area contributed by atoms with Gasteiger partial charge in [-0.1, -0.05) is 6.92 Å². The van der Waals surface area contributed by atoms with Crippen molar-refractivity contribution in [3.05, 3.63) is 29.0 Å². The van der Waals surface area contributed by atoms with E-state index in [2.05, 4.69) is 34.6 Å². The van der Waals surface area contributed by atoms with Gasteiger partial charge in [-0.25, -0.2) is 4.98 Å². The number of hydrogen-bond acceptors (Lipinski definition) is 4. The number of nitrogens with one attached hydrogen (secondary N) is 1. The maximum atomic E-state index is 4.28. The summed E-state index contributed by atoms with van der Waals surface area (Å²) in [4.78, 5) is 4.28. The van der Waals surface area contributed by atoms with Crippen LogP contribution in [-0.4, -0.2) is 14.8 Å². The van der Waals surface area contributed by atoms with E-state index in [0.717, 1.165) is 24.3 Å². The Morgan fingerprint density at radius 2 is 2.44 bits per heavy atom. The van der Waals surface area contributed by atoms with Crippen molar-refractivity contribution in [3.8, 4) is 0 Å². The van der Waals surface area contributed by atoms with Gasteiger partial charge in [0.2, 0.25) is 0 Å². The van der Waals surface area contributed by atoms with E-state index in [1.54, 1.807) is 11.3 Å². The van der Waals surface area contributed by atoms with Gasteiger partial charge in [0.1, 0.15) is 0 Å². The van der Waals surface area contributed by atoms with Gasteiger partial charge in [0.05, 0.1) is 29.1 Å². The molecule has 2 aromatic heterocycles. The second kappa shape index (κ2) is 5.12.